The predicted molar refractivity (Wildman–Crippen MR) is 208 cm³/mol. The van der Waals surface area contributed by atoms with E-state index in [2.05, 4.69) is 49.8 Å². The fraction of sp³-hybridized carbons (Fsp3) is 0.611. The second kappa shape index (κ2) is 26.9. The Balaban J connectivity index is 3.08. The molecule has 18 nitrogen and oxygen atoms in total. The third kappa shape index (κ3) is 19.9. The number of carboxylic acid groups (broad SMARTS) is 1. The van der Waals surface area contributed by atoms with E-state index < -0.39 is 90.6 Å². The number of aliphatic carboxylic acids is 1. The first kappa shape index (κ1) is 48.3. The molecule has 19 heteroatoms. The summed E-state index contributed by atoms with van der Waals surface area (Å²) in [5, 5.41) is 27.1. The van der Waals surface area contributed by atoms with Crippen LogP contribution in [0.1, 0.15) is 71.3 Å². The zero-order valence-corrected chi connectivity index (χ0v) is 32.8. The lowest BCUT2D eigenvalue weighted by atomic mass is 10.0. The van der Waals surface area contributed by atoms with E-state index in [1.807, 2.05) is 20.8 Å². The molecule has 0 radical (unpaired) electrons. The van der Waals surface area contributed by atoms with E-state index in [-0.39, 0.29) is 43.9 Å². The van der Waals surface area contributed by atoms with Gasteiger partial charge in [0.15, 0.2) is 0 Å². The van der Waals surface area contributed by atoms with Gasteiger partial charge in [-0.05, 0) is 50.1 Å². The minimum atomic E-state index is -1.28. The molecule has 0 aromatic heterocycles. The maximum atomic E-state index is 13.6. The van der Waals surface area contributed by atoms with Crippen molar-refractivity contribution < 1.29 is 43.5 Å². The van der Waals surface area contributed by atoms with E-state index in [1.54, 1.807) is 30.3 Å². The third-order valence-corrected chi connectivity index (χ3v) is 8.57. The zero-order chi connectivity index (χ0) is 41.3. The summed E-state index contributed by atoms with van der Waals surface area (Å²) < 4.78 is 0. The van der Waals surface area contributed by atoms with Crippen LogP contribution in [0, 0.1) is 5.92 Å². The highest BCUT2D eigenvalue weighted by Gasteiger charge is 2.31. The van der Waals surface area contributed by atoms with Crippen molar-refractivity contribution in [2.75, 3.05) is 31.9 Å². The number of thiol groups is 1. The smallest absolute Gasteiger partial charge is 0.327 e. The maximum absolute atomic E-state index is 13.6. The Kier molecular flexibility index (Phi) is 23.6. The van der Waals surface area contributed by atoms with E-state index in [0.29, 0.717) is 32.2 Å². The standard InChI is InChI=1S/C36H59N9O9S/c1-4-5-13-25(34(51)45-28(21-55)36(53)54)43-33(50)24(14-9-10-15-37)41-31(48)20-40-32(49)26(16-22(2)3)44-35(52)27(17-23-11-7-6-8-12-23)42-30(47)19-39-29(46)18-38/h6-8,11-12,22,24-28,55H,4-5,9-10,13-21,37-38H2,1-3H3,(H,39,46)(H,40,49)(H,41,48)(H,42,47)(H,43,50)(H,44,52)(H,45,51)(H,53,54)/t24-,25-,26-,27-,28-/m0/s1. The molecule has 0 fully saturated rings. The van der Waals surface area contributed by atoms with Crippen LogP contribution in [0.2, 0.25) is 0 Å². The summed E-state index contributed by atoms with van der Waals surface area (Å²) in [4.78, 5) is 102. The lowest BCUT2D eigenvalue weighted by Crippen LogP contribution is -2.57. The monoisotopic (exact) mass is 793 g/mol. The van der Waals surface area contributed by atoms with Gasteiger partial charge >= 0.3 is 5.97 Å². The molecule has 0 unspecified atom stereocenters. The minimum absolute atomic E-state index is 0.0750. The summed E-state index contributed by atoms with van der Waals surface area (Å²) >= 11 is 3.97. The lowest BCUT2D eigenvalue weighted by Gasteiger charge is -2.25. The van der Waals surface area contributed by atoms with Gasteiger partial charge in [-0.1, -0.05) is 63.9 Å². The molecule has 1 aromatic rings. The van der Waals surface area contributed by atoms with Crippen LogP contribution < -0.4 is 48.7 Å². The van der Waals surface area contributed by atoms with Crippen molar-refractivity contribution in [3.8, 4) is 0 Å². The summed E-state index contributed by atoms with van der Waals surface area (Å²) in [7, 11) is 0. The van der Waals surface area contributed by atoms with Crippen LogP contribution in [-0.2, 0) is 44.8 Å². The van der Waals surface area contributed by atoms with Gasteiger partial charge in [0.1, 0.15) is 30.2 Å². The Morgan fingerprint density at radius 3 is 1.73 bits per heavy atom. The molecule has 1 rings (SSSR count). The Bertz CT molecular complexity index is 1420. The van der Waals surface area contributed by atoms with E-state index >= 15 is 0 Å². The molecule has 5 atom stereocenters. The number of benzene rings is 1. The molecule has 55 heavy (non-hydrogen) atoms. The number of nitrogens with one attached hydrogen (secondary N) is 7. The van der Waals surface area contributed by atoms with Crippen molar-refractivity contribution >= 4 is 59.9 Å². The Morgan fingerprint density at radius 2 is 1.18 bits per heavy atom. The van der Waals surface area contributed by atoms with Crippen LogP contribution in [0.5, 0.6) is 0 Å². The number of amides is 7. The summed E-state index contributed by atoms with van der Waals surface area (Å²) in [6, 6.07) is 3.16. The molecule has 12 N–H and O–H groups in total. The van der Waals surface area contributed by atoms with Crippen molar-refractivity contribution in [1.29, 1.82) is 0 Å². The highest BCUT2D eigenvalue weighted by molar-refractivity contribution is 7.80. The lowest BCUT2D eigenvalue weighted by molar-refractivity contribution is -0.141. The molecule has 1 aromatic carbocycles. The van der Waals surface area contributed by atoms with Gasteiger partial charge in [0.05, 0.1) is 19.6 Å². The molecule has 0 saturated heterocycles. The Hall–Kier alpha value is -4.75. The average Bonchev–Trinajstić information content (AvgIpc) is 3.15. The van der Waals surface area contributed by atoms with Gasteiger partial charge in [-0.2, -0.15) is 12.6 Å². The summed E-state index contributed by atoms with van der Waals surface area (Å²) in [5.41, 5.74) is 11.6. The predicted octanol–water partition coefficient (Wildman–Crippen LogP) is -1.78. The second-order valence-corrected chi connectivity index (χ2v) is 13.8. The third-order valence-electron chi connectivity index (χ3n) is 8.20. The van der Waals surface area contributed by atoms with Crippen molar-refractivity contribution in [2.45, 2.75) is 102 Å². The first-order chi connectivity index (χ1) is 26.1. The number of carbonyl (C=O) groups excluding carboxylic acids is 7. The average molecular weight is 794 g/mol. The molecule has 0 aliphatic rings. The molecule has 0 aliphatic carbocycles. The Morgan fingerprint density at radius 1 is 0.655 bits per heavy atom. The fourth-order valence-electron chi connectivity index (χ4n) is 5.24. The van der Waals surface area contributed by atoms with Crippen LogP contribution in [0.15, 0.2) is 30.3 Å². The molecular weight excluding hydrogens is 735 g/mol. The van der Waals surface area contributed by atoms with Gasteiger partial charge in [0, 0.05) is 12.2 Å². The summed E-state index contributed by atoms with van der Waals surface area (Å²) in [6.07, 6.45) is 2.88. The van der Waals surface area contributed by atoms with E-state index in [4.69, 9.17) is 11.5 Å². The SMILES string of the molecule is CCCC[C@H](NC(=O)[C@H](CCCCN)NC(=O)CNC(=O)[C@H](CC(C)C)NC(=O)[C@H](Cc1ccccc1)NC(=O)CNC(=O)CN)C(=O)N[C@@H](CS)C(=O)O. The van der Waals surface area contributed by atoms with Gasteiger partial charge < -0.3 is 53.8 Å². The molecule has 0 saturated carbocycles. The van der Waals surface area contributed by atoms with E-state index in [9.17, 15) is 43.5 Å². The first-order valence-corrected chi connectivity index (χ1v) is 19.1. The van der Waals surface area contributed by atoms with Crippen molar-refractivity contribution in [2.24, 2.45) is 17.4 Å². The molecule has 0 aliphatic heterocycles. The largest absolute Gasteiger partial charge is 0.480 e. The number of hydrogen-bond donors (Lipinski definition) is 11. The number of unbranched alkanes of at least 4 members (excludes halogenated alkanes) is 2. The molecular formula is C36H59N9O9S. The van der Waals surface area contributed by atoms with Crippen LogP contribution in [0.3, 0.4) is 0 Å². The van der Waals surface area contributed by atoms with Crippen LogP contribution in [0.4, 0.5) is 0 Å². The van der Waals surface area contributed by atoms with Crippen molar-refractivity contribution in [3.05, 3.63) is 35.9 Å². The highest BCUT2D eigenvalue weighted by atomic mass is 32.1. The zero-order valence-electron chi connectivity index (χ0n) is 31.9. The number of hydrogen-bond acceptors (Lipinski definition) is 11. The van der Waals surface area contributed by atoms with Gasteiger partial charge in [0.2, 0.25) is 41.4 Å². The summed E-state index contributed by atoms with van der Waals surface area (Å²) in [6.45, 7) is 4.60. The highest BCUT2D eigenvalue weighted by Crippen LogP contribution is 2.09. The van der Waals surface area contributed by atoms with E-state index in [0.717, 1.165) is 5.56 Å². The molecule has 7 amide bonds. The van der Waals surface area contributed by atoms with Crippen molar-refractivity contribution in [3.63, 3.8) is 0 Å². The molecule has 308 valence electrons. The second-order valence-electron chi connectivity index (χ2n) is 13.4. The number of rotatable bonds is 27. The first-order valence-electron chi connectivity index (χ1n) is 18.5. The number of carbonyl (C=O) groups is 8. The number of nitrogens with two attached hydrogens (primary N) is 2. The quantitative estimate of drug-likeness (QED) is 0.0350. The number of carboxylic acids is 1. The van der Waals surface area contributed by atoms with Crippen LogP contribution in [0.25, 0.3) is 0 Å². The maximum Gasteiger partial charge on any atom is 0.327 e. The Labute approximate surface area is 327 Å². The van der Waals surface area contributed by atoms with Gasteiger partial charge in [-0.3, -0.25) is 33.6 Å². The van der Waals surface area contributed by atoms with Crippen LogP contribution >= 0.6 is 12.6 Å². The van der Waals surface area contributed by atoms with E-state index in [1.165, 1.54) is 0 Å². The molecule has 0 heterocycles. The topological polar surface area (TPSA) is 293 Å². The molecule has 0 spiro atoms. The fourth-order valence-corrected chi connectivity index (χ4v) is 5.48. The van der Waals surface area contributed by atoms with Gasteiger partial charge in [0.25, 0.3) is 0 Å². The normalized spacial score (nSPS) is 13.6. The molecule has 0 bridgehead atoms. The van der Waals surface area contributed by atoms with Crippen LogP contribution in [-0.4, -0.2) is 115 Å². The van der Waals surface area contributed by atoms with Crippen molar-refractivity contribution in [1.82, 2.24) is 37.2 Å². The van der Waals surface area contributed by atoms with Gasteiger partial charge in [-0.25, -0.2) is 4.79 Å². The minimum Gasteiger partial charge on any atom is -0.480 e. The van der Waals surface area contributed by atoms with Gasteiger partial charge in [-0.15, -0.1) is 0 Å². The summed E-state index contributed by atoms with van der Waals surface area (Å²) in [5.74, 6) is -6.19.